The minimum absolute atomic E-state index is 0.306. The molecule has 1 aliphatic heterocycles. The van der Waals surface area contributed by atoms with Gasteiger partial charge in [0, 0.05) is 43.9 Å². The predicted octanol–water partition coefficient (Wildman–Crippen LogP) is 3.34. The summed E-state index contributed by atoms with van der Waals surface area (Å²) in [7, 11) is 1.98. The van der Waals surface area contributed by atoms with Crippen molar-refractivity contribution in [2.75, 3.05) is 26.3 Å². The Morgan fingerprint density at radius 1 is 1.39 bits per heavy atom. The number of ether oxygens (including phenoxy) is 1. The molecule has 126 valence electrons. The Balaban J connectivity index is 1.60. The molecule has 1 fully saturated rings. The highest BCUT2D eigenvalue weighted by Crippen LogP contribution is 2.36. The van der Waals surface area contributed by atoms with Gasteiger partial charge in [0.15, 0.2) is 0 Å². The van der Waals surface area contributed by atoms with Gasteiger partial charge in [-0.2, -0.15) is 16.4 Å². The average Bonchev–Trinajstić information content (AvgIpc) is 3.26. The maximum Gasteiger partial charge on any atom is 0.0535 e. The molecule has 0 spiro atoms. The summed E-state index contributed by atoms with van der Waals surface area (Å²) in [6.45, 7) is 7.08. The van der Waals surface area contributed by atoms with Crippen LogP contribution < -0.4 is 0 Å². The highest BCUT2D eigenvalue weighted by molar-refractivity contribution is 7.07. The molecule has 0 aliphatic carbocycles. The zero-order chi connectivity index (χ0) is 16.1. The molecule has 5 heteroatoms. The Labute approximate surface area is 143 Å². The number of aromatic nitrogens is 2. The SMILES string of the molecule is CCOC[C@@]1(CCc2ccsc2)CCN(Cc2cnn(C)c2)C1. The highest BCUT2D eigenvalue weighted by Gasteiger charge is 2.38. The van der Waals surface area contributed by atoms with E-state index in [4.69, 9.17) is 4.74 Å². The second kappa shape index (κ2) is 7.60. The number of hydrogen-bond acceptors (Lipinski definition) is 4. The van der Waals surface area contributed by atoms with Gasteiger partial charge in [-0.3, -0.25) is 9.58 Å². The summed E-state index contributed by atoms with van der Waals surface area (Å²) in [5.41, 5.74) is 3.08. The first-order chi connectivity index (χ1) is 11.2. The minimum atomic E-state index is 0.306. The number of aryl methyl sites for hydroxylation is 2. The van der Waals surface area contributed by atoms with Crippen LogP contribution in [0.4, 0.5) is 0 Å². The summed E-state index contributed by atoms with van der Waals surface area (Å²) in [6, 6.07) is 2.25. The van der Waals surface area contributed by atoms with E-state index in [9.17, 15) is 0 Å². The van der Waals surface area contributed by atoms with Gasteiger partial charge in [0.2, 0.25) is 0 Å². The molecule has 0 N–H and O–H groups in total. The third kappa shape index (κ3) is 4.43. The molecule has 4 nitrogen and oxygen atoms in total. The molecular weight excluding hydrogens is 306 g/mol. The molecule has 0 amide bonds. The van der Waals surface area contributed by atoms with Crippen molar-refractivity contribution in [2.24, 2.45) is 12.5 Å². The highest BCUT2D eigenvalue weighted by atomic mass is 32.1. The largest absolute Gasteiger partial charge is 0.381 e. The van der Waals surface area contributed by atoms with Crippen LogP contribution in [0.15, 0.2) is 29.2 Å². The Morgan fingerprint density at radius 3 is 3.00 bits per heavy atom. The van der Waals surface area contributed by atoms with Crippen LogP contribution in [0.25, 0.3) is 0 Å². The third-order valence-electron chi connectivity index (χ3n) is 4.82. The predicted molar refractivity (Wildman–Crippen MR) is 94.7 cm³/mol. The van der Waals surface area contributed by atoms with Crippen molar-refractivity contribution in [1.82, 2.24) is 14.7 Å². The average molecular weight is 334 g/mol. The molecule has 0 saturated carbocycles. The van der Waals surface area contributed by atoms with Crippen LogP contribution in [-0.4, -0.2) is 41.0 Å². The van der Waals surface area contributed by atoms with Gasteiger partial charge in [-0.05, 0) is 55.1 Å². The first-order valence-corrected chi connectivity index (χ1v) is 9.42. The summed E-state index contributed by atoms with van der Waals surface area (Å²) in [4.78, 5) is 2.56. The van der Waals surface area contributed by atoms with Crippen molar-refractivity contribution in [1.29, 1.82) is 0 Å². The molecule has 0 unspecified atom stereocenters. The van der Waals surface area contributed by atoms with Gasteiger partial charge in [-0.25, -0.2) is 0 Å². The number of hydrogen-bond donors (Lipinski definition) is 0. The summed E-state index contributed by atoms with van der Waals surface area (Å²) in [6.07, 6.45) is 7.71. The van der Waals surface area contributed by atoms with Gasteiger partial charge in [0.1, 0.15) is 0 Å². The van der Waals surface area contributed by atoms with Crippen molar-refractivity contribution in [3.63, 3.8) is 0 Å². The second-order valence-corrected chi connectivity index (χ2v) is 7.53. The number of thiophene rings is 1. The van der Waals surface area contributed by atoms with Crippen LogP contribution in [-0.2, 0) is 24.8 Å². The summed E-state index contributed by atoms with van der Waals surface area (Å²) < 4.78 is 7.74. The Morgan fingerprint density at radius 2 is 2.30 bits per heavy atom. The van der Waals surface area contributed by atoms with E-state index in [0.29, 0.717) is 5.41 Å². The monoisotopic (exact) mass is 333 g/mol. The Hall–Kier alpha value is -1.17. The van der Waals surface area contributed by atoms with Gasteiger partial charge in [0.05, 0.1) is 12.8 Å². The van der Waals surface area contributed by atoms with Crippen LogP contribution in [0.2, 0.25) is 0 Å². The fourth-order valence-electron chi connectivity index (χ4n) is 3.53. The van der Waals surface area contributed by atoms with Crippen molar-refractivity contribution in [3.8, 4) is 0 Å². The molecule has 23 heavy (non-hydrogen) atoms. The third-order valence-corrected chi connectivity index (χ3v) is 5.55. The van der Waals surface area contributed by atoms with Crippen molar-refractivity contribution in [2.45, 2.75) is 32.7 Å². The topological polar surface area (TPSA) is 30.3 Å². The lowest BCUT2D eigenvalue weighted by molar-refractivity contribution is 0.0489. The first-order valence-electron chi connectivity index (χ1n) is 8.48. The van der Waals surface area contributed by atoms with Crippen LogP contribution in [0.5, 0.6) is 0 Å². The molecule has 3 rings (SSSR count). The Bertz CT molecular complexity index is 595. The van der Waals surface area contributed by atoms with E-state index in [-0.39, 0.29) is 0 Å². The number of rotatable bonds is 8. The lowest BCUT2D eigenvalue weighted by atomic mass is 9.82. The normalized spacial score (nSPS) is 22.0. The van der Waals surface area contributed by atoms with Crippen LogP contribution in [0, 0.1) is 5.41 Å². The summed E-state index contributed by atoms with van der Waals surface area (Å²) in [5.74, 6) is 0. The molecule has 0 aromatic carbocycles. The quantitative estimate of drug-likeness (QED) is 0.742. The van der Waals surface area contributed by atoms with Gasteiger partial charge in [0.25, 0.3) is 0 Å². The van der Waals surface area contributed by atoms with Crippen molar-refractivity contribution in [3.05, 3.63) is 40.3 Å². The fourth-order valence-corrected chi connectivity index (χ4v) is 4.23. The van der Waals surface area contributed by atoms with Crippen LogP contribution in [0.1, 0.15) is 30.9 Å². The van der Waals surface area contributed by atoms with Crippen LogP contribution >= 0.6 is 11.3 Å². The van der Waals surface area contributed by atoms with Crippen molar-refractivity contribution >= 4 is 11.3 Å². The lowest BCUT2D eigenvalue weighted by Crippen LogP contribution is -2.32. The fraction of sp³-hybridized carbons (Fsp3) is 0.611. The maximum atomic E-state index is 5.85. The van der Waals surface area contributed by atoms with Crippen molar-refractivity contribution < 1.29 is 4.74 Å². The first kappa shape index (κ1) is 16.7. The van der Waals surface area contributed by atoms with Gasteiger partial charge in [-0.1, -0.05) is 0 Å². The minimum Gasteiger partial charge on any atom is -0.381 e. The van der Waals surface area contributed by atoms with Gasteiger partial charge in [-0.15, -0.1) is 0 Å². The number of nitrogens with zero attached hydrogens (tertiary/aromatic N) is 3. The summed E-state index contributed by atoms with van der Waals surface area (Å²) >= 11 is 1.79. The maximum absolute atomic E-state index is 5.85. The van der Waals surface area contributed by atoms with E-state index < -0.39 is 0 Å². The summed E-state index contributed by atoms with van der Waals surface area (Å²) in [5, 5.41) is 8.73. The van der Waals surface area contributed by atoms with E-state index in [2.05, 4.69) is 39.9 Å². The molecule has 1 atom stereocenters. The number of likely N-dealkylation sites (tertiary alicyclic amines) is 1. The molecule has 3 heterocycles. The lowest BCUT2D eigenvalue weighted by Gasteiger charge is -2.29. The zero-order valence-corrected chi connectivity index (χ0v) is 15.0. The van der Waals surface area contributed by atoms with E-state index in [1.54, 1.807) is 11.3 Å². The Kier molecular flexibility index (Phi) is 5.51. The molecular formula is C18H27N3OS. The second-order valence-electron chi connectivity index (χ2n) is 6.75. The van der Waals surface area contributed by atoms with Crippen LogP contribution in [0.3, 0.4) is 0 Å². The molecule has 1 aliphatic rings. The smallest absolute Gasteiger partial charge is 0.0535 e. The molecule has 0 radical (unpaired) electrons. The van der Waals surface area contributed by atoms with Gasteiger partial charge >= 0.3 is 0 Å². The van der Waals surface area contributed by atoms with E-state index >= 15 is 0 Å². The van der Waals surface area contributed by atoms with E-state index in [0.717, 1.165) is 39.3 Å². The molecule has 2 aromatic rings. The zero-order valence-electron chi connectivity index (χ0n) is 14.2. The standard InChI is InChI=1S/C18H27N3OS/c1-3-22-15-18(6-4-16-5-9-23-13-16)7-8-21(14-18)12-17-10-19-20(2)11-17/h5,9-11,13H,3-4,6-8,12,14-15H2,1-2H3/t18-/m0/s1. The van der Waals surface area contributed by atoms with E-state index in [1.807, 2.05) is 17.9 Å². The van der Waals surface area contributed by atoms with E-state index in [1.165, 1.54) is 24.0 Å². The van der Waals surface area contributed by atoms with Gasteiger partial charge < -0.3 is 4.74 Å². The molecule has 0 bridgehead atoms. The molecule has 1 saturated heterocycles. The molecule has 2 aromatic heterocycles.